The molecule has 5 aromatic carbocycles. The summed E-state index contributed by atoms with van der Waals surface area (Å²) in [5, 5.41) is 3.15. The Balaban J connectivity index is 1.38. The molecular weight excluding hydrogens is 589 g/mol. The first-order valence-corrected chi connectivity index (χ1v) is 15.0. The minimum Gasteiger partial charge on any atom is -0.455 e. The van der Waals surface area contributed by atoms with Crippen molar-refractivity contribution < 1.29 is 18.7 Å². The summed E-state index contributed by atoms with van der Waals surface area (Å²) in [7, 11) is 0. The molecule has 45 heavy (non-hydrogen) atoms. The lowest BCUT2D eigenvalue weighted by atomic mass is 10.0. The molecule has 228 valence electrons. The van der Waals surface area contributed by atoms with Crippen molar-refractivity contribution in [3.63, 3.8) is 0 Å². The maximum atomic E-state index is 14.0. The van der Waals surface area contributed by atoms with Crippen LogP contribution in [0.4, 0.5) is 10.1 Å². The van der Waals surface area contributed by atoms with E-state index in [-0.39, 0.29) is 37.7 Å². The summed E-state index contributed by atoms with van der Waals surface area (Å²) in [6.45, 7) is 0.613. The van der Waals surface area contributed by atoms with Gasteiger partial charge in [-0.15, -0.1) is 0 Å². The van der Waals surface area contributed by atoms with E-state index in [9.17, 15) is 14.0 Å². The van der Waals surface area contributed by atoms with Crippen molar-refractivity contribution in [2.24, 2.45) is 5.73 Å². The number of hydrogen-bond donors (Lipinski definition) is 2. The average molecular weight is 622 g/mol. The highest BCUT2D eigenvalue weighted by atomic mass is 35.5. The Kier molecular flexibility index (Phi) is 10.6. The van der Waals surface area contributed by atoms with Gasteiger partial charge in [-0.05, 0) is 52.6 Å². The Labute approximate surface area is 267 Å². The number of carbonyl (C=O) groups is 2. The van der Waals surface area contributed by atoms with E-state index >= 15 is 0 Å². The lowest BCUT2D eigenvalue weighted by Crippen LogP contribution is -2.32. The lowest BCUT2D eigenvalue weighted by Gasteiger charge is -2.26. The van der Waals surface area contributed by atoms with E-state index in [0.717, 1.165) is 22.3 Å². The molecule has 2 amide bonds. The minimum absolute atomic E-state index is 0.0359. The molecule has 0 atom stereocenters. The first kappa shape index (κ1) is 31.4. The third-order valence-corrected chi connectivity index (χ3v) is 7.51. The van der Waals surface area contributed by atoms with Crippen LogP contribution in [0, 0.1) is 5.82 Å². The van der Waals surface area contributed by atoms with Gasteiger partial charge in [0.1, 0.15) is 11.6 Å². The summed E-state index contributed by atoms with van der Waals surface area (Å²) >= 11 is 6.38. The van der Waals surface area contributed by atoms with Crippen molar-refractivity contribution in [3.8, 4) is 22.6 Å². The first-order valence-electron chi connectivity index (χ1n) is 14.6. The molecule has 0 unspecified atom stereocenters. The predicted octanol–water partition coefficient (Wildman–Crippen LogP) is 8.03. The summed E-state index contributed by atoms with van der Waals surface area (Å²) < 4.78 is 20.3. The predicted molar refractivity (Wildman–Crippen MR) is 176 cm³/mol. The van der Waals surface area contributed by atoms with Crippen LogP contribution < -0.4 is 20.7 Å². The largest absolute Gasteiger partial charge is 0.455 e. The molecule has 6 nitrogen and oxygen atoms in total. The van der Waals surface area contributed by atoms with Crippen molar-refractivity contribution in [2.45, 2.75) is 32.5 Å². The van der Waals surface area contributed by atoms with Gasteiger partial charge < -0.3 is 20.7 Å². The number of halogens is 2. The van der Waals surface area contributed by atoms with Crippen LogP contribution in [0.15, 0.2) is 121 Å². The highest BCUT2D eigenvalue weighted by Gasteiger charge is 2.22. The zero-order chi connectivity index (χ0) is 31.6. The zero-order valence-corrected chi connectivity index (χ0v) is 25.3. The van der Waals surface area contributed by atoms with Gasteiger partial charge in [-0.1, -0.05) is 96.5 Å². The minimum atomic E-state index is -0.398. The molecule has 0 fully saturated rings. The fraction of sp³-hybridized carbons (Fsp3) is 0.135. The van der Waals surface area contributed by atoms with E-state index in [1.807, 2.05) is 72.8 Å². The summed E-state index contributed by atoms with van der Waals surface area (Å²) in [6, 6.07) is 36.7. The molecule has 0 spiro atoms. The van der Waals surface area contributed by atoms with E-state index in [1.165, 1.54) is 6.07 Å². The second-order valence-electron chi connectivity index (χ2n) is 10.5. The Morgan fingerprint density at radius 3 is 2.27 bits per heavy atom. The molecule has 5 aromatic rings. The normalized spacial score (nSPS) is 10.7. The molecule has 0 saturated carbocycles. The van der Waals surface area contributed by atoms with Crippen molar-refractivity contribution in [2.75, 3.05) is 4.90 Å². The highest BCUT2D eigenvalue weighted by molar-refractivity contribution is 6.30. The van der Waals surface area contributed by atoms with Crippen molar-refractivity contribution in [1.82, 2.24) is 5.32 Å². The van der Waals surface area contributed by atoms with Gasteiger partial charge in [-0.25, -0.2) is 4.39 Å². The van der Waals surface area contributed by atoms with Gasteiger partial charge in [0.15, 0.2) is 5.75 Å². The number of hydrogen-bond acceptors (Lipinski definition) is 4. The van der Waals surface area contributed by atoms with Crippen LogP contribution in [0.5, 0.6) is 11.5 Å². The molecule has 0 radical (unpaired) electrons. The van der Waals surface area contributed by atoms with E-state index in [2.05, 4.69) is 5.32 Å². The van der Waals surface area contributed by atoms with Gasteiger partial charge >= 0.3 is 0 Å². The smallest absolute Gasteiger partial charge is 0.227 e. The van der Waals surface area contributed by atoms with Gasteiger partial charge in [0.05, 0.1) is 12.2 Å². The molecule has 3 N–H and O–H groups in total. The van der Waals surface area contributed by atoms with Gasteiger partial charge in [-0.2, -0.15) is 0 Å². The maximum Gasteiger partial charge on any atom is 0.227 e. The van der Waals surface area contributed by atoms with Crippen LogP contribution in [0.3, 0.4) is 0 Å². The molecule has 8 heteroatoms. The molecule has 5 rings (SSSR count). The van der Waals surface area contributed by atoms with Crippen molar-refractivity contribution in [1.29, 1.82) is 0 Å². The molecule has 0 aliphatic rings. The number of anilines is 1. The summed E-state index contributed by atoms with van der Waals surface area (Å²) in [6.07, 6.45) is -0.144. The van der Waals surface area contributed by atoms with E-state index < -0.39 is 5.82 Å². The van der Waals surface area contributed by atoms with Crippen LogP contribution in [-0.2, 0) is 29.2 Å². The zero-order valence-electron chi connectivity index (χ0n) is 24.6. The number of rotatable bonds is 12. The van der Waals surface area contributed by atoms with Gasteiger partial charge in [0.25, 0.3) is 0 Å². The summed E-state index contributed by atoms with van der Waals surface area (Å²) in [5.41, 5.74) is 10.6. The average Bonchev–Trinajstić information content (AvgIpc) is 3.07. The summed E-state index contributed by atoms with van der Waals surface area (Å²) in [5.74, 6) is -0.106. The Bertz CT molecular complexity index is 1760. The van der Waals surface area contributed by atoms with Crippen LogP contribution in [-0.4, -0.2) is 11.8 Å². The van der Waals surface area contributed by atoms with Crippen molar-refractivity contribution >= 4 is 29.1 Å². The third-order valence-electron chi connectivity index (χ3n) is 7.28. The number of benzene rings is 5. The molecule has 0 bridgehead atoms. The number of nitrogens with two attached hydrogens (primary N) is 1. The second-order valence-corrected chi connectivity index (χ2v) is 10.9. The van der Waals surface area contributed by atoms with Crippen molar-refractivity contribution in [3.05, 3.63) is 149 Å². The lowest BCUT2D eigenvalue weighted by molar-refractivity contribution is -0.125. The topological polar surface area (TPSA) is 84.7 Å². The quantitative estimate of drug-likeness (QED) is 0.148. The molecule has 0 saturated heterocycles. The molecule has 0 aliphatic carbocycles. The van der Waals surface area contributed by atoms with Gasteiger partial charge in [0.2, 0.25) is 11.8 Å². The van der Waals surface area contributed by atoms with Gasteiger partial charge in [-0.3, -0.25) is 9.59 Å². The van der Waals surface area contributed by atoms with Crippen LogP contribution >= 0.6 is 11.6 Å². The number of carbonyl (C=O) groups excluding carboxylic acids is 2. The number of ether oxygens (including phenoxy) is 1. The second kappa shape index (κ2) is 15.1. The molecule has 0 aliphatic heterocycles. The third kappa shape index (κ3) is 8.56. The van der Waals surface area contributed by atoms with E-state index in [1.54, 1.807) is 47.4 Å². The fourth-order valence-electron chi connectivity index (χ4n) is 4.86. The number of nitrogens with zero attached hydrogens (tertiary/aromatic N) is 1. The SMILES string of the molecule is NCc1cccc(Oc2cc(Cl)ccc2N(Cc2ccc(-c3ccccc3)cc2)C(=O)CCC(=O)NCc2ccccc2F)c1. The molecule has 0 heterocycles. The first-order chi connectivity index (χ1) is 21.9. The highest BCUT2D eigenvalue weighted by Crippen LogP contribution is 2.36. The standard InChI is InChI=1S/C37H33ClFN3O3/c38-31-17-18-34(35(22-31)45-32-11-6-7-27(21-32)23-40)42(25-26-13-15-29(16-14-26)28-8-2-1-3-9-28)37(44)20-19-36(43)41-24-30-10-4-5-12-33(30)39/h1-18,21-22H,19-20,23-25,40H2,(H,41,43). The van der Waals surface area contributed by atoms with Crippen LogP contribution in [0.2, 0.25) is 5.02 Å². The molecular formula is C37H33ClFN3O3. The number of amides is 2. The molecule has 0 aromatic heterocycles. The van der Waals surface area contributed by atoms with Crippen LogP contribution in [0.25, 0.3) is 11.1 Å². The van der Waals surface area contributed by atoms with Gasteiger partial charge in [0, 0.05) is 42.6 Å². The number of nitrogens with one attached hydrogen (secondary N) is 1. The Morgan fingerprint density at radius 1 is 0.778 bits per heavy atom. The van der Waals surface area contributed by atoms with E-state index in [0.29, 0.717) is 34.3 Å². The summed E-state index contributed by atoms with van der Waals surface area (Å²) in [4.78, 5) is 28.1. The van der Waals surface area contributed by atoms with Crippen LogP contribution in [0.1, 0.15) is 29.5 Å². The Hall–Kier alpha value is -4.98. The monoisotopic (exact) mass is 621 g/mol. The van der Waals surface area contributed by atoms with E-state index in [4.69, 9.17) is 22.1 Å². The fourth-order valence-corrected chi connectivity index (χ4v) is 5.02. The Morgan fingerprint density at radius 2 is 1.51 bits per heavy atom. The maximum absolute atomic E-state index is 14.0.